The molecule has 2 aromatic rings. The van der Waals surface area contributed by atoms with Crippen molar-refractivity contribution >= 4 is 0 Å². The van der Waals surface area contributed by atoms with Gasteiger partial charge in [-0.25, -0.2) is 0 Å². The fourth-order valence-electron chi connectivity index (χ4n) is 3.47. The summed E-state index contributed by atoms with van der Waals surface area (Å²) in [5, 5.41) is 0. The van der Waals surface area contributed by atoms with E-state index in [1.165, 1.54) is 49.7 Å². The van der Waals surface area contributed by atoms with E-state index in [9.17, 15) is 0 Å². The van der Waals surface area contributed by atoms with Gasteiger partial charge in [0.1, 0.15) is 12.4 Å². The Morgan fingerprint density at radius 2 is 1.58 bits per heavy atom. The first-order chi connectivity index (χ1) is 11.9. The summed E-state index contributed by atoms with van der Waals surface area (Å²) in [6.07, 6.45) is 14.0. The number of rotatable bonds is 7. The Kier molecular flexibility index (Phi) is 6.53. The third-order valence-electron chi connectivity index (χ3n) is 4.91. The number of hydrogen-bond acceptors (Lipinski definition) is 1. The second-order valence-corrected chi connectivity index (χ2v) is 6.80. The van der Waals surface area contributed by atoms with Crippen molar-refractivity contribution in [1.29, 1.82) is 0 Å². The lowest BCUT2D eigenvalue weighted by atomic mass is 9.87. The van der Waals surface area contributed by atoms with Crippen molar-refractivity contribution in [2.75, 3.05) is 0 Å². The molecule has 0 unspecified atom stereocenters. The van der Waals surface area contributed by atoms with Crippen molar-refractivity contribution in [1.82, 2.24) is 0 Å². The molecule has 0 N–H and O–H groups in total. The van der Waals surface area contributed by atoms with Crippen LogP contribution in [0.3, 0.4) is 0 Å². The highest BCUT2D eigenvalue weighted by Crippen LogP contribution is 2.27. The lowest BCUT2D eigenvalue weighted by molar-refractivity contribution is 0.303. The van der Waals surface area contributed by atoms with Crippen LogP contribution in [-0.2, 0) is 13.0 Å². The van der Waals surface area contributed by atoms with Crippen LogP contribution >= 0.6 is 0 Å². The average molecular weight is 320 g/mol. The standard InChI is InChI=1S/C23H28O/c1-3-11-20(12-4-1)13-7-8-16-22-17-9-10-18-23(22)24-19-21-14-5-2-6-15-21/h2,5-10,14-15,17-18,20H,1,3-4,11-13,16,19H2/b8-7+. The van der Waals surface area contributed by atoms with E-state index < -0.39 is 0 Å². The molecule has 3 rings (SSSR count). The van der Waals surface area contributed by atoms with Gasteiger partial charge in [0.2, 0.25) is 0 Å². The number of allylic oxidation sites excluding steroid dienone is 2. The van der Waals surface area contributed by atoms with Crippen molar-refractivity contribution in [2.45, 2.75) is 51.6 Å². The molecule has 24 heavy (non-hydrogen) atoms. The van der Waals surface area contributed by atoms with Crippen LogP contribution in [0, 0.1) is 5.92 Å². The molecule has 2 aromatic carbocycles. The van der Waals surface area contributed by atoms with Crippen molar-refractivity contribution in [3.05, 3.63) is 77.9 Å². The lowest BCUT2D eigenvalue weighted by Gasteiger charge is -2.19. The second kappa shape index (κ2) is 9.32. The maximum Gasteiger partial charge on any atom is 0.123 e. The highest BCUT2D eigenvalue weighted by atomic mass is 16.5. The van der Waals surface area contributed by atoms with Gasteiger partial charge in [-0.3, -0.25) is 0 Å². The molecule has 0 atom stereocenters. The topological polar surface area (TPSA) is 9.23 Å². The number of para-hydroxylation sites is 1. The van der Waals surface area contributed by atoms with Crippen molar-refractivity contribution in [3.63, 3.8) is 0 Å². The molecule has 0 radical (unpaired) electrons. The zero-order chi connectivity index (χ0) is 16.5. The summed E-state index contributed by atoms with van der Waals surface area (Å²) in [5.41, 5.74) is 2.48. The van der Waals surface area contributed by atoms with E-state index in [1.54, 1.807) is 0 Å². The minimum Gasteiger partial charge on any atom is -0.489 e. The molecule has 0 heterocycles. The maximum atomic E-state index is 6.04. The zero-order valence-electron chi connectivity index (χ0n) is 14.5. The highest BCUT2D eigenvalue weighted by Gasteiger charge is 2.11. The minimum atomic E-state index is 0.629. The molecule has 126 valence electrons. The molecule has 1 heteroatoms. The van der Waals surface area contributed by atoms with E-state index in [0.717, 1.165) is 18.1 Å². The Bertz CT molecular complexity index is 623. The monoisotopic (exact) mass is 320 g/mol. The van der Waals surface area contributed by atoms with E-state index in [-0.39, 0.29) is 0 Å². The van der Waals surface area contributed by atoms with E-state index in [4.69, 9.17) is 4.74 Å². The quantitative estimate of drug-likeness (QED) is 0.541. The summed E-state index contributed by atoms with van der Waals surface area (Å²) in [6, 6.07) is 18.7. The average Bonchev–Trinajstić information content (AvgIpc) is 2.66. The maximum absolute atomic E-state index is 6.04. The molecule has 0 aromatic heterocycles. The van der Waals surface area contributed by atoms with Crippen LogP contribution in [0.15, 0.2) is 66.7 Å². The molecule has 1 fully saturated rings. The smallest absolute Gasteiger partial charge is 0.123 e. The molecule has 0 aliphatic heterocycles. The number of benzene rings is 2. The first-order valence-corrected chi connectivity index (χ1v) is 9.31. The predicted octanol–water partition coefficient (Wildman–Crippen LogP) is 6.33. The Morgan fingerprint density at radius 3 is 2.42 bits per heavy atom. The molecule has 0 saturated heterocycles. The molecule has 1 aliphatic rings. The molecule has 1 nitrogen and oxygen atoms in total. The van der Waals surface area contributed by atoms with Crippen LogP contribution in [-0.4, -0.2) is 0 Å². The van der Waals surface area contributed by atoms with Crippen molar-refractivity contribution in [3.8, 4) is 5.75 Å². The molecule has 0 amide bonds. The van der Waals surface area contributed by atoms with E-state index >= 15 is 0 Å². The first kappa shape index (κ1) is 16.8. The summed E-state index contributed by atoms with van der Waals surface area (Å²) in [7, 11) is 0. The molecular formula is C23H28O. The summed E-state index contributed by atoms with van der Waals surface area (Å²) in [6.45, 7) is 0.629. The SMILES string of the molecule is C(=C\CC1CCCCC1)/Cc1ccccc1OCc1ccccc1. The van der Waals surface area contributed by atoms with Gasteiger partial charge in [-0.2, -0.15) is 0 Å². The number of ether oxygens (including phenoxy) is 1. The van der Waals surface area contributed by atoms with Crippen LogP contribution < -0.4 is 4.74 Å². The summed E-state index contributed by atoms with van der Waals surface area (Å²) in [4.78, 5) is 0. The van der Waals surface area contributed by atoms with Crippen molar-refractivity contribution < 1.29 is 4.74 Å². The normalized spacial score (nSPS) is 15.7. The predicted molar refractivity (Wildman–Crippen MR) is 101 cm³/mol. The highest BCUT2D eigenvalue weighted by molar-refractivity contribution is 5.35. The van der Waals surface area contributed by atoms with Gasteiger partial charge < -0.3 is 4.74 Å². The largest absolute Gasteiger partial charge is 0.489 e. The fraction of sp³-hybridized carbons (Fsp3) is 0.391. The van der Waals surface area contributed by atoms with Crippen LogP contribution in [0.1, 0.15) is 49.7 Å². The first-order valence-electron chi connectivity index (χ1n) is 9.31. The Morgan fingerprint density at radius 1 is 0.833 bits per heavy atom. The van der Waals surface area contributed by atoms with Gasteiger partial charge in [0.05, 0.1) is 0 Å². The van der Waals surface area contributed by atoms with Crippen LogP contribution in [0.4, 0.5) is 0 Å². The van der Waals surface area contributed by atoms with Gasteiger partial charge in [-0.15, -0.1) is 0 Å². The van der Waals surface area contributed by atoms with Gasteiger partial charge in [0, 0.05) is 0 Å². The van der Waals surface area contributed by atoms with Gasteiger partial charge in [-0.1, -0.05) is 92.8 Å². The molecular weight excluding hydrogens is 292 g/mol. The zero-order valence-corrected chi connectivity index (χ0v) is 14.5. The van der Waals surface area contributed by atoms with Gasteiger partial charge in [0.15, 0.2) is 0 Å². The van der Waals surface area contributed by atoms with Gasteiger partial charge >= 0.3 is 0 Å². The van der Waals surface area contributed by atoms with E-state index in [1.807, 2.05) is 6.07 Å². The summed E-state index contributed by atoms with van der Waals surface area (Å²) < 4.78 is 6.04. The second-order valence-electron chi connectivity index (χ2n) is 6.80. The van der Waals surface area contributed by atoms with E-state index in [0.29, 0.717) is 6.61 Å². The third kappa shape index (κ3) is 5.26. The van der Waals surface area contributed by atoms with Gasteiger partial charge in [-0.05, 0) is 36.0 Å². The van der Waals surface area contributed by atoms with Crippen molar-refractivity contribution in [2.24, 2.45) is 5.92 Å². The van der Waals surface area contributed by atoms with Crippen LogP contribution in [0.2, 0.25) is 0 Å². The number of hydrogen-bond donors (Lipinski definition) is 0. The van der Waals surface area contributed by atoms with Gasteiger partial charge in [0.25, 0.3) is 0 Å². The summed E-state index contributed by atoms with van der Waals surface area (Å²) in [5.74, 6) is 1.92. The lowest BCUT2D eigenvalue weighted by Crippen LogP contribution is -2.04. The van der Waals surface area contributed by atoms with Crippen LogP contribution in [0.25, 0.3) is 0 Å². The molecule has 1 aliphatic carbocycles. The van der Waals surface area contributed by atoms with E-state index in [2.05, 4.69) is 60.7 Å². The Balaban J connectivity index is 1.51. The molecule has 1 saturated carbocycles. The third-order valence-corrected chi connectivity index (χ3v) is 4.91. The molecule has 0 bridgehead atoms. The molecule has 0 spiro atoms. The Labute approximate surface area is 146 Å². The fourth-order valence-corrected chi connectivity index (χ4v) is 3.47. The summed E-state index contributed by atoms with van der Waals surface area (Å²) >= 11 is 0. The Hall–Kier alpha value is -2.02. The minimum absolute atomic E-state index is 0.629. The van der Waals surface area contributed by atoms with Crippen LogP contribution in [0.5, 0.6) is 5.75 Å².